The van der Waals surface area contributed by atoms with Gasteiger partial charge in [0.1, 0.15) is 5.82 Å². The second-order valence-electron chi connectivity index (χ2n) is 4.12. The predicted octanol–water partition coefficient (Wildman–Crippen LogP) is 3.84. The molecule has 1 amide bonds. The van der Waals surface area contributed by atoms with Crippen LogP contribution in [0.3, 0.4) is 0 Å². The molecular weight excluding hydrogens is 363 g/mol. The van der Waals surface area contributed by atoms with Crippen molar-refractivity contribution in [2.24, 2.45) is 0 Å². The molecule has 0 aliphatic rings. The number of hydrogen-bond acceptors (Lipinski definition) is 3. The van der Waals surface area contributed by atoms with Crippen molar-refractivity contribution in [3.8, 4) is 5.75 Å². The second kappa shape index (κ2) is 6.78. The number of benzene rings is 2. The molecule has 0 aliphatic heterocycles. The zero-order chi connectivity index (χ0) is 15.4. The van der Waals surface area contributed by atoms with Crippen LogP contribution in [0.15, 0.2) is 40.9 Å². The molecule has 2 aromatic rings. The molecule has 2 aromatic carbocycles. The first kappa shape index (κ1) is 15.6. The normalized spacial score (nSPS) is 10.2. The van der Waals surface area contributed by atoms with Crippen LogP contribution in [0, 0.1) is 5.82 Å². The van der Waals surface area contributed by atoms with Gasteiger partial charge in [-0.05, 0) is 34.1 Å². The Bertz CT molecular complexity index is 659. The van der Waals surface area contributed by atoms with Gasteiger partial charge in [0, 0.05) is 6.07 Å². The van der Waals surface area contributed by atoms with Crippen LogP contribution in [0.25, 0.3) is 0 Å². The van der Waals surface area contributed by atoms with Gasteiger partial charge in [0.05, 0.1) is 20.9 Å². The maximum absolute atomic E-state index is 13.1. The summed E-state index contributed by atoms with van der Waals surface area (Å²) >= 11 is 9.06. The van der Waals surface area contributed by atoms with Crippen LogP contribution in [0.1, 0.15) is 0 Å². The molecule has 0 heterocycles. The van der Waals surface area contributed by atoms with Gasteiger partial charge in [-0.1, -0.05) is 23.7 Å². The number of nitrogens with one attached hydrogen (secondary N) is 1. The molecule has 3 N–H and O–H groups in total. The lowest BCUT2D eigenvalue weighted by Gasteiger charge is -2.11. The van der Waals surface area contributed by atoms with E-state index in [2.05, 4.69) is 21.2 Å². The standard InChI is InChI=1S/C14H11BrClFN2O2/c15-9-5-8(17)6-11(18)14(9)21-7-13(20)19-12-4-2-1-3-10(12)16/h1-6H,7,18H2,(H,19,20). The molecule has 0 spiro atoms. The fraction of sp³-hybridized carbons (Fsp3) is 0.0714. The van der Waals surface area contributed by atoms with Gasteiger partial charge in [-0.15, -0.1) is 0 Å². The lowest BCUT2D eigenvalue weighted by molar-refractivity contribution is -0.118. The first-order valence-electron chi connectivity index (χ1n) is 5.89. The lowest BCUT2D eigenvalue weighted by Crippen LogP contribution is -2.20. The third-order valence-electron chi connectivity index (χ3n) is 2.53. The van der Waals surface area contributed by atoms with Gasteiger partial charge in [-0.2, -0.15) is 0 Å². The Hall–Kier alpha value is -1.79. The molecule has 21 heavy (non-hydrogen) atoms. The van der Waals surface area contributed by atoms with Crippen LogP contribution >= 0.6 is 27.5 Å². The Balaban J connectivity index is 2.01. The van der Waals surface area contributed by atoms with E-state index in [1.807, 2.05) is 0 Å². The van der Waals surface area contributed by atoms with Crippen molar-refractivity contribution in [3.05, 3.63) is 51.7 Å². The number of hydrogen-bond donors (Lipinski definition) is 2. The third kappa shape index (κ3) is 4.09. The van der Waals surface area contributed by atoms with E-state index in [0.717, 1.165) is 6.07 Å². The number of rotatable bonds is 4. The molecule has 0 radical (unpaired) electrons. The molecule has 4 nitrogen and oxygen atoms in total. The number of para-hydroxylation sites is 1. The molecule has 0 aliphatic carbocycles. The largest absolute Gasteiger partial charge is 0.480 e. The summed E-state index contributed by atoms with van der Waals surface area (Å²) in [6, 6.07) is 9.15. The average Bonchev–Trinajstić information content (AvgIpc) is 2.40. The maximum Gasteiger partial charge on any atom is 0.262 e. The summed E-state index contributed by atoms with van der Waals surface area (Å²) in [5.74, 6) is -0.684. The monoisotopic (exact) mass is 372 g/mol. The molecule has 0 unspecified atom stereocenters. The number of anilines is 2. The van der Waals surface area contributed by atoms with Gasteiger partial charge in [0.15, 0.2) is 12.4 Å². The van der Waals surface area contributed by atoms with Crippen LogP contribution in [-0.2, 0) is 4.79 Å². The molecule has 0 saturated carbocycles. The van der Waals surface area contributed by atoms with Crippen molar-refractivity contribution in [2.75, 3.05) is 17.7 Å². The molecule has 7 heteroatoms. The highest BCUT2D eigenvalue weighted by Gasteiger charge is 2.11. The van der Waals surface area contributed by atoms with Gasteiger partial charge in [-0.3, -0.25) is 4.79 Å². The predicted molar refractivity (Wildman–Crippen MR) is 84.1 cm³/mol. The highest BCUT2D eigenvalue weighted by atomic mass is 79.9. The van der Waals surface area contributed by atoms with Gasteiger partial charge >= 0.3 is 0 Å². The van der Waals surface area contributed by atoms with Crippen molar-refractivity contribution in [3.63, 3.8) is 0 Å². The van der Waals surface area contributed by atoms with Gasteiger partial charge < -0.3 is 15.8 Å². The van der Waals surface area contributed by atoms with Crippen molar-refractivity contribution >= 4 is 44.8 Å². The summed E-state index contributed by atoms with van der Waals surface area (Å²) in [5.41, 5.74) is 6.23. The van der Waals surface area contributed by atoms with E-state index in [9.17, 15) is 9.18 Å². The summed E-state index contributed by atoms with van der Waals surface area (Å²) in [4.78, 5) is 11.8. The Morgan fingerprint density at radius 3 is 2.76 bits per heavy atom. The van der Waals surface area contributed by atoms with Crippen molar-refractivity contribution in [1.29, 1.82) is 0 Å². The molecule has 0 saturated heterocycles. The fourth-order valence-electron chi connectivity index (χ4n) is 1.62. The minimum Gasteiger partial charge on any atom is -0.480 e. The van der Waals surface area contributed by atoms with E-state index in [-0.39, 0.29) is 18.0 Å². The number of carbonyl (C=O) groups is 1. The molecule has 0 bridgehead atoms. The lowest BCUT2D eigenvalue weighted by atomic mass is 10.3. The van der Waals surface area contributed by atoms with Crippen LogP contribution < -0.4 is 15.8 Å². The number of halogens is 3. The molecule has 0 fully saturated rings. The molecule has 2 rings (SSSR count). The Kier molecular flexibility index (Phi) is 5.03. The number of nitrogens with two attached hydrogens (primary N) is 1. The zero-order valence-corrected chi connectivity index (χ0v) is 13.0. The zero-order valence-electron chi connectivity index (χ0n) is 10.7. The minimum atomic E-state index is -0.493. The van der Waals surface area contributed by atoms with Crippen LogP contribution in [0.5, 0.6) is 5.75 Å². The summed E-state index contributed by atoms with van der Waals surface area (Å²) in [7, 11) is 0. The Labute approximate surface area is 134 Å². The topological polar surface area (TPSA) is 64.3 Å². The number of ether oxygens (including phenoxy) is 1. The quantitative estimate of drug-likeness (QED) is 0.800. The number of nitrogen functional groups attached to an aromatic ring is 1. The maximum atomic E-state index is 13.1. The average molecular weight is 374 g/mol. The third-order valence-corrected chi connectivity index (χ3v) is 3.45. The molecular formula is C14H11BrClFN2O2. The molecule has 0 atom stereocenters. The van der Waals surface area contributed by atoms with E-state index in [1.165, 1.54) is 6.07 Å². The van der Waals surface area contributed by atoms with E-state index < -0.39 is 11.7 Å². The second-order valence-corrected chi connectivity index (χ2v) is 5.38. The highest BCUT2D eigenvalue weighted by molar-refractivity contribution is 9.10. The van der Waals surface area contributed by atoms with Gasteiger partial charge in [0.2, 0.25) is 0 Å². The van der Waals surface area contributed by atoms with E-state index in [1.54, 1.807) is 24.3 Å². The first-order chi connectivity index (χ1) is 9.97. The van der Waals surface area contributed by atoms with Crippen molar-refractivity contribution in [1.82, 2.24) is 0 Å². The summed E-state index contributed by atoms with van der Waals surface area (Å²) in [6.45, 7) is -0.278. The van der Waals surface area contributed by atoms with Crippen LogP contribution in [0.4, 0.5) is 15.8 Å². The molecule has 110 valence electrons. The summed E-state index contributed by atoms with van der Waals surface area (Å²) in [6.07, 6.45) is 0. The number of carbonyl (C=O) groups excluding carboxylic acids is 1. The van der Waals surface area contributed by atoms with E-state index in [4.69, 9.17) is 22.1 Å². The fourth-order valence-corrected chi connectivity index (χ4v) is 2.36. The SMILES string of the molecule is Nc1cc(F)cc(Br)c1OCC(=O)Nc1ccccc1Cl. The highest BCUT2D eigenvalue weighted by Crippen LogP contribution is 2.32. The minimum absolute atomic E-state index is 0.104. The van der Waals surface area contributed by atoms with Crippen molar-refractivity contribution < 1.29 is 13.9 Å². The van der Waals surface area contributed by atoms with Crippen molar-refractivity contribution in [2.45, 2.75) is 0 Å². The smallest absolute Gasteiger partial charge is 0.262 e. The van der Waals surface area contributed by atoms with Crippen LogP contribution in [-0.4, -0.2) is 12.5 Å². The first-order valence-corrected chi connectivity index (χ1v) is 7.06. The summed E-state index contributed by atoms with van der Waals surface area (Å²) < 4.78 is 18.7. The number of amides is 1. The molecule has 0 aromatic heterocycles. The van der Waals surface area contributed by atoms with E-state index >= 15 is 0 Å². The van der Waals surface area contributed by atoms with Gasteiger partial charge in [0.25, 0.3) is 5.91 Å². The summed E-state index contributed by atoms with van der Waals surface area (Å²) in [5, 5.41) is 3.03. The van der Waals surface area contributed by atoms with Gasteiger partial charge in [-0.25, -0.2) is 4.39 Å². The van der Waals surface area contributed by atoms with E-state index in [0.29, 0.717) is 15.2 Å². The van der Waals surface area contributed by atoms with Crippen LogP contribution in [0.2, 0.25) is 5.02 Å². The Morgan fingerprint density at radius 2 is 2.10 bits per heavy atom. The Morgan fingerprint density at radius 1 is 1.38 bits per heavy atom.